The maximum absolute atomic E-state index is 12.3. The minimum Gasteiger partial charge on any atom is -0.367 e. The van der Waals surface area contributed by atoms with Crippen molar-refractivity contribution in [2.75, 3.05) is 69.2 Å². The number of nitrogens with two attached hydrogens (primary N) is 1. The smallest absolute Gasteiger partial charge is 0.327 e. The highest BCUT2D eigenvalue weighted by Gasteiger charge is 2.22. The normalized spacial score (nSPS) is 16.5. The highest BCUT2D eigenvalue weighted by atomic mass is 31.2. The van der Waals surface area contributed by atoms with E-state index < -0.39 is 25.7 Å². The summed E-state index contributed by atoms with van der Waals surface area (Å²) in [7, 11) is -4.20. The molecular weight excluding hydrogens is 737 g/mol. The SMILES string of the molecule is N[C@@H](CCC(=O)NCCN1CCC(Nc2nc(NCc3cn(CCCNCCCNC4CCCCC4)nn3)nc3ccccc23)CC1)C(=O)NCCP(=O)(O)O. The van der Waals surface area contributed by atoms with Crippen molar-refractivity contribution in [1.29, 1.82) is 0 Å². The first-order chi connectivity index (χ1) is 27.1. The number of hydrogen-bond donors (Lipinski definition) is 9. The van der Waals surface area contributed by atoms with E-state index in [0.29, 0.717) is 25.6 Å². The average molecular weight is 800 g/mol. The van der Waals surface area contributed by atoms with Crippen LogP contribution in [-0.2, 0) is 27.2 Å². The number of rotatable bonds is 24. The molecule has 1 aliphatic carbocycles. The number of carbonyl (C=O) groups is 2. The van der Waals surface area contributed by atoms with Crippen LogP contribution in [0.1, 0.15) is 76.3 Å². The summed E-state index contributed by atoms with van der Waals surface area (Å²) < 4.78 is 12.8. The standard InChI is InChI=1S/C37H62N13O5P/c38-32(36(52)42-20-25-56(53,54)55)12-13-34(51)41-19-24-49-22-14-29(15-23-49)44-35-31-10-4-5-11-33(31)45-37(46-35)43-26-30-27-50(48-47-30)21-7-17-39-16-6-18-40-28-8-2-1-3-9-28/h4-5,10-11,27-29,32,39-40H,1-3,6-9,12-26,38H2,(H,41,51)(H,42,52)(H2,53,54,55)(H2,43,44,45,46)/t32-/m0/s1. The Labute approximate surface area is 329 Å². The van der Waals surface area contributed by atoms with Crippen molar-refractivity contribution in [3.63, 3.8) is 0 Å². The Bertz CT molecular complexity index is 1690. The van der Waals surface area contributed by atoms with Crippen LogP contribution < -0.4 is 37.6 Å². The number of fused-ring (bicyclic) bond motifs is 1. The first-order valence-corrected chi connectivity index (χ1v) is 22.1. The molecule has 0 unspecified atom stereocenters. The minimum absolute atomic E-state index is 0.0829. The van der Waals surface area contributed by atoms with Crippen LogP contribution in [0, 0.1) is 0 Å². The number of aromatic nitrogens is 5. The van der Waals surface area contributed by atoms with Gasteiger partial charge in [0.15, 0.2) is 0 Å². The van der Waals surface area contributed by atoms with Crippen LogP contribution in [-0.4, -0.2) is 128 Å². The van der Waals surface area contributed by atoms with Crippen LogP contribution in [0.4, 0.5) is 11.8 Å². The number of nitrogens with one attached hydrogen (secondary N) is 6. The third-order valence-corrected chi connectivity index (χ3v) is 11.1. The van der Waals surface area contributed by atoms with Gasteiger partial charge in [0, 0.05) is 63.2 Å². The van der Waals surface area contributed by atoms with Crippen LogP contribution >= 0.6 is 7.60 Å². The molecule has 2 amide bonds. The Morgan fingerprint density at radius 2 is 1.70 bits per heavy atom. The highest BCUT2D eigenvalue weighted by Crippen LogP contribution is 2.32. The summed E-state index contributed by atoms with van der Waals surface area (Å²) in [5, 5.41) is 29.2. The summed E-state index contributed by atoms with van der Waals surface area (Å²) in [4.78, 5) is 54.1. The van der Waals surface area contributed by atoms with Crippen molar-refractivity contribution < 1.29 is 23.9 Å². The monoisotopic (exact) mass is 799 g/mol. The summed E-state index contributed by atoms with van der Waals surface area (Å²) in [6, 6.07) is 8.00. The molecule has 19 heteroatoms. The molecule has 3 aromatic rings. The summed E-state index contributed by atoms with van der Waals surface area (Å²) in [5.41, 5.74) is 7.51. The topological polar surface area (TPSA) is 250 Å². The molecule has 56 heavy (non-hydrogen) atoms. The van der Waals surface area contributed by atoms with Gasteiger partial charge in [0.2, 0.25) is 17.8 Å². The van der Waals surface area contributed by atoms with Gasteiger partial charge in [-0.2, -0.15) is 4.98 Å². The molecule has 0 bridgehead atoms. The molecule has 2 aliphatic rings. The Kier molecular flexibility index (Phi) is 17.7. The minimum atomic E-state index is -4.20. The van der Waals surface area contributed by atoms with E-state index in [1.54, 1.807) is 0 Å². The maximum Gasteiger partial charge on any atom is 0.327 e. The molecule has 1 atom stereocenters. The molecule has 0 radical (unpaired) electrons. The lowest BCUT2D eigenvalue weighted by Gasteiger charge is -2.32. The Morgan fingerprint density at radius 3 is 2.50 bits per heavy atom. The molecule has 1 saturated carbocycles. The molecule has 5 rings (SSSR count). The zero-order valence-corrected chi connectivity index (χ0v) is 33.4. The first-order valence-electron chi connectivity index (χ1n) is 20.3. The molecule has 1 aromatic carbocycles. The van der Waals surface area contributed by atoms with Gasteiger partial charge in [-0.05, 0) is 76.7 Å². The van der Waals surface area contributed by atoms with Crippen LogP contribution in [0.3, 0.4) is 0 Å². The van der Waals surface area contributed by atoms with E-state index >= 15 is 0 Å². The number of anilines is 2. The van der Waals surface area contributed by atoms with Crippen LogP contribution in [0.5, 0.6) is 0 Å². The van der Waals surface area contributed by atoms with E-state index in [1.807, 2.05) is 35.1 Å². The number of likely N-dealkylation sites (tertiary alicyclic amines) is 1. The van der Waals surface area contributed by atoms with Gasteiger partial charge >= 0.3 is 7.60 Å². The number of amides is 2. The highest BCUT2D eigenvalue weighted by molar-refractivity contribution is 7.51. The molecule has 10 N–H and O–H groups in total. The second-order valence-corrected chi connectivity index (χ2v) is 16.7. The van der Waals surface area contributed by atoms with Gasteiger partial charge in [-0.1, -0.05) is 36.6 Å². The molecule has 0 spiro atoms. The van der Waals surface area contributed by atoms with Crippen molar-refractivity contribution in [2.24, 2.45) is 5.73 Å². The van der Waals surface area contributed by atoms with E-state index in [2.05, 4.69) is 47.1 Å². The van der Waals surface area contributed by atoms with Crippen molar-refractivity contribution in [1.82, 2.24) is 51.1 Å². The Hall–Kier alpha value is -3.77. The third-order valence-electron chi connectivity index (χ3n) is 10.3. The number of benzene rings is 1. The molecule has 1 aliphatic heterocycles. The molecule has 2 fully saturated rings. The molecule has 18 nitrogen and oxygen atoms in total. The molecule has 3 heterocycles. The Balaban J connectivity index is 0.967. The predicted octanol–water partition coefficient (Wildman–Crippen LogP) is 1.52. The number of hydrogen-bond acceptors (Lipinski definition) is 13. The molecular formula is C37H62N13O5P. The third kappa shape index (κ3) is 15.6. The second kappa shape index (κ2) is 22.8. The number of carbonyl (C=O) groups excluding carboxylic acids is 2. The van der Waals surface area contributed by atoms with Crippen LogP contribution in [0.15, 0.2) is 30.5 Å². The van der Waals surface area contributed by atoms with E-state index in [9.17, 15) is 14.2 Å². The van der Waals surface area contributed by atoms with Gasteiger partial charge in [-0.15, -0.1) is 5.10 Å². The summed E-state index contributed by atoms with van der Waals surface area (Å²) in [5.74, 6) is 0.579. The average Bonchev–Trinajstić information content (AvgIpc) is 3.65. The van der Waals surface area contributed by atoms with Gasteiger partial charge in [0.25, 0.3) is 0 Å². The summed E-state index contributed by atoms with van der Waals surface area (Å²) in [6.07, 6.45) is 12.5. The largest absolute Gasteiger partial charge is 0.367 e. The van der Waals surface area contributed by atoms with Crippen LogP contribution in [0.25, 0.3) is 10.9 Å². The fraction of sp³-hybridized carbons (Fsp3) is 0.676. The van der Waals surface area contributed by atoms with Gasteiger partial charge in [-0.3, -0.25) is 18.8 Å². The van der Waals surface area contributed by atoms with Gasteiger partial charge < -0.3 is 52.3 Å². The zero-order chi connectivity index (χ0) is 39.6. The number of para-hydroxylation sites is 1. The lowest BCUT2D eigenvalue weighted by molar-refractivity contribution is -0.123. The molecule has 2 aromatic heterocycles. The summed E-state index contributed by atoms with van der Waals surface area (Å²) in [6.45, 7) is 7.07. The fourth-order valence-electron chi connectivity index (χ4n) is 7.09. The van der Waals surface area contributed by atoms with E-state index in [1.165, 1.54) is 32.1 Å². The van der Waals surface area contributed by atoms with E-state index in [-0.39, 0.29) is 31.3 Å². The summed E-state index contributed by atoms with van der Waals surface area (Å²) >= 11 is 0. The lowest BCUT2D eigenvalue weighted by Crippen LogP contribution is -2.43. The van der Waals surface area contributed by atoms with Crippen molar-refractivity contribution in [3.8, 4) is 0 Å². The van der Waals surface area contributed by atoms with Gasteiger partial charge in [0.1, 0.15) is 11.5 Å². The first kappa shape index (κ1) is 43.4. The van der Waals surface area contributed by atoms with Crippen molar-refractivity contribution in [3.05, 3.63) is 36.2 Å². The van der Waals surface area contributed by atoms with Gasteiger partial charge in [-0.25, -0.2) is 4.98 Å². The number of nitrogens with zero attached hydrogens (tertiary/aromatic N) is 6. The second-order valence-electron chi connectivity index (χ2n) is 14.9. The predicted molar refractivity (Wildman–Crippen MR) is 217 cm³/mol. The fourth-order valence-corrected chi connectivity index (χ4v) is 7.49. The van der Waals surface area contributed by atoms with Crippen LogP contribution in [0.2, 0.25) is 0 Å². The molecule has 1 saturated heterocycles. The van der Waals surface area contributed by atoms with E-state index in [4.69, 9.17) is 25.5 Å². The van der Waals surface area contributed by atoms with E-state index in [0.717, 1.165) is 93.4 Å². The van der Waals surface area contributed by atoms with Crippen molar-refractivity contribution in [2.45, 2.75) is 102 Å². The lowest BCUT2D eigenvalue weighted by atomic mass is 9.95. The Morgan fingerprint density at radius 1 is 0.911 bits per heavy atom. The zero-order valence-electron chi connectivity index (χ0n) is 32.5. The quantitative estimate of drug-likeness (QED) is 0.0461. The van der Waals surface area contributed by atoms with Crippen molar-refractivity contribution >= 4 is 42.1 Å². The number of aryl methyl sites for hydroxylation is 1. The maximum atomic E-state index is 12.3. The number of piperidine rings is 1. The van der Waals surface area contributed by atoms with Gasteiger partial charge in [0.05, 0.1) is 30.5 Å². The molecule has 310 valence electrons.